The van der Waals surface area contributed by atoms with Gasteiger partial charge in [-0.1, -0.05) is 19.3 Å². The maximum atomic E-state index is 10.4. The highest BCUT2D eigenvalue weighted by atomic mass is 79.9. The summed E-state index contributed by atoms with van der Waals surface area (Å²) in [6, 6.07) is 0. The summed E-state index contributed by atoms with van der Waals surface area (Å²) in [6.07, 6.45) is 4.34. The van der Waals surface area contributed by atoms with Crippen LogP contribution in [-0.2, 0) is 0 Å². The molecule has 0 aromatic rings. The molecule has 1 rings (SSSR count). The Morgan fingerprint density at radius 3 is 2.38 bits per heavy atom. The molecule has 0 aliphatic heterocycles. The Balaban J connectivity index is 2.44. The zero-order valence-electron chi connectivity index (χ0n) is 7.36. The highest BCUT2D eigenvalue weighted by Gasteiger charge is 2.34. The first-order valence-corrected chi connectivity index (χ1v) is 5.50. The SMILES string of the molecule is O=[N+]([O-])C(Br)C(O)C1CCCCC1. The second-order valence-electron chi connectivity index (χ2n) is 3.55. The lowest BCUT2D eigenvalue weighted by Gasteiger charge is -2.25. The molecule has 0 aromatic carbocycles. The minimum atomic E-state index is -1.00. The van der Waals surface area contributed by atoms with Crippen molar-refractivity contribution >= 4 is 15.9 Å². The third-order valence-corrected chi connectivity index (χ3v) is 3.49. The van der Waals surface area contributed by atoms with Gasteiger partial charge in [-0.2, -0.15) is 0 Å². The number of aliphatic hydroxyl groups excluding tert-OH is 1. The van der Waals surface area contributed by atoms with Crippen molar-refractivity contribution < 1.29 is 10.0 Å². The summed E-state index contributed by atoms with van der Waals surface area (Å²) in [7, 11) is 0. The van der Waals surface area contributed by atoms with Crippen molar-refractivity contribution in [3.05, 3.63) is 10.1 Å². The fourth-order valence-corrected chi connectivity index (χ4v) is 2.26. The van der Waals surface area contributed by atoms with Crippen LogP contribution < -0.4 is 0 Å². The van der Waals surface area contributed by atoms with E-state index in [0.29, 0.717) is 0 Å². The number of hydrogen-bond donors (Lipinski definition) is 1. The molecule has 13 heavy (non-hydrogen) atoms. The van der Waals surface area contributed by atoms with E-state index < -0.39 is 16.0 Å². The summed E-state index contributed by atoms with van der Waals surface area (Å²) in [4.78, 5) is 8.91. The van der Waals surface area contributed by atoms with Gasteiger partial charge in [0.25, 0.3) is 4.95 Å². The van der Waals surface area contributed by atoms with Crippen LogP contribution >= 0.6 is 15.9 Å². The van der Waals surface area contributed by atoms with E-state index >= 15 is 0 Å². The average molecular weight is 252 g/mol. The van der Waals surface area contributed by atoms with Crippen LogP contribution in [0, 0.1) is 16.0 Å². The number of halogens is 1. The Kier molecular flexibility index (Phi) is 4.12. The standard InChI is InChI=1S/C8H14BrNO3/c9-8(10(12)13)7(11)6-4-2-1-3-5-6/h6-8,11H,1-5H2. The molecule has 2 atom stereocenters. The van der Waals surface area contributed by atoms with E-state index in [-0.39, 0.29) is 5.92 Å². The predicted molar refractivity (Wildman–Crippen MR) is 52.3 cm³/mol. The lowest BCUT2D eigenvalue weighted by molar-refractivity contribution is -0.506. The van der Waals surface area contributed by atoms with Crippen LogP contribution in [-0.4, -0.2) is 21.1 Å². The first kappa shape index (κ1) is 10.9. The molecule has 0 radical (unpaired) electrons. The fourth-order valence-electron chi connectivity index (χ4n) is 1.82. The van der Waals surface area contributed by atoms with E-state index in [4.69, 9.17) is 0 Å². The summed E-state index contributed by atoms with van der Waals surface area (Å²) in [5, 5.41) is 20.0. The largest absolute Gasteiger partial charge is 0.385 e. The number of alkyl halides is 1. The molecular weight excluding hydrogens is 238 g/mol. The molecule has 4 nitrogen and oxygen atoms in total. The first-order chi connectivity index (χ1) is 6.13. The van der Waals surface area contributed by atoms with Gasteiger partial charge in [-0.15, -0.1) is 0 Å². The van der Waals surface area contributed by atoms with Crippen molar-refractivity contribution in [3.63, 3.8) is 0 Å². The van der Waals surface area contributed by atoms with E-state index in [0.717, 1.165) is 25.7 Å². The molecular formula is C8H14BrNO3. The number of hydrogen-bond acceptors (Lipinski definition) is 3. The molecule has 1 fully saturated rings. The van der Waals surface area contributed by atoms with Crippen LogP contribution in [0.5, 0.6) is 0 Å². The second-order valence-corrected chi connectivity index (χ2v) is 4.48. The van der Waals surface area contributed by atoms with Gasteiger partial charge >= 0.3 is 0 Å². The van der Waals surface area contributed by atoms with Gasteiger partial charge in [0.15, 0.2) is 0 Å². The highest BCUT2D eigenvalue weighted by Crippen LogP contribution is 2.29. The van der Waals surface area contributed by atoms with Crippen molar-refractivity contribution in [1.82, 2.24) is 0 Å². The van der Waals surface area contributed by atoms with Crippen molar-refractivity contribution in [2.24, 2.45) is 5.92 Å². The van der Waals surface area contributed by atoms with Gasteiger partial charge in [-0.05, 0) is 34.7 Å². The molecule has 5 heteroatoms. The molecule has 1 aliphatic rings. The molecule has 0 spiro atoms. The predicted octanol–water partition coefficient (Wildman–Crippen LogP) is 1.93. The number of aliphatic hydroxyl groups is 1. The minimum absolute atomic E-state index is 0.100. The second kappa shape index (κ2) is 4.91. The summed E-state index contributed by atoms with van der Waals surface area (Å²) in [5.41, 5.74) is 0. The van der Waals surface area contributed by atoms with Crippen LogP contribution in [0.3, 0.4) is 0 Å². The molecule has 76 valence electrons. The van der Waals surface area contributed by atoms with E-state index in [1.54, 1.807) is 0 Å². The Bertz CT molecular complexity index is 182. The van der Waals surface area contributed by atoms with Crippen molar-refractivity contribution in [1.29, 1.82) is 0 Å². The first-order valence-electron chi connectivity index (χ1n) is 4.58. The van der Waals surface area contributed by atoms with Crippen LogP contribution in [0.4, 0.5) is 0 Å². The van der Waals surface area contributed by atoms with Crippen molar-refractivity contribution in [2.45, 2.75) is 43.2 Å². The van der Waals surface area contributed by atoms with Gasteiger partial charge in [0.05, 0.1) is 0 Å². The summed E-state index contributed by atoms with van der Waals surface area (Å²) >= 11 is 2.89. The summed E-state index contributed by atoms with van der Waals surface area (Å²) < 4.78 is 0. The molecule has 0 saturated heterocycles. The zero-order valence-corrected chi connectivity index (χ0v) is 8.94. The molecule has 1 aliphatic carbocycles. The number of nitrogens with zero attached hydrogens (tertiary/aromatic N) is 1. The minimum Gasteiger partial charge on any atom is -0.385 e. The van der Waals surface area contributed by atoms with Gasteiger partial charge in [-0.25, -0.2) is 0 Å². The molecule has 0 amide bonds. The summed E-state index contributed by atoms with van der Waals surface area (Å²) in [6.45, 7) is 0. The Hall–Kier alpha value is -0.160. The molecule has 0 bridgehead atoms. The van der Waals surface area contributed by atoms with Gasteiger partial charge in [0.2, 0.25) is 0 Å². The van der Waals surface area contributed by atoms with Crippen LogP contribution in [0.1, 0.15) is 32.1 Å². The highest BCUT2D eigenvalue weighted by molar-refractivity contribution is 9.09. The van der Waals surface area contributed by atoms with Crippen LogP contribution in [0.25, 0.3) is 0 Å². The lowest BCUT2D eigenvalue weighted by atomic mass is 9.85. The lowest BCUT2D eigenvalue weighted by Crippen LogP contribution is -2.35. The van der Waals surface area contributed by atoms with E-state index in [9.17, 15) is 15.2 Å². The average Bonchev–Trinajstić information content (AvgIpc) is 2.17. The Morgan fingerprint density at radius 1 is 1.38 bits per heavy atom. The Labute approximate surface area is 85.6 Å². The quantitative estimate of drug-likeness (QED) is 0.361. The van der Waals surface area contributed by atoms with E-state index in [1.807, 2.05) is 0 Å². The summed E-state index contributed by atoms with van der Waals surface area (Å²) in [5.74, 6) is 0.100. The number of nitro groups is 1. The normalized spacial score (nSPS) is 23.8. The monoisotopic (exact) mass is 251 g/mol. The van der Waals surface area contributed by atoms with E-state index in [1.165, 1.54) is 6.42 Å². The molecule has 0 aromatic heterocycles. The smallest absolute Gasteiger partial charge is 0.291 e. The van der Waals surface area contributed by atoms with Crippen molar-refractivity contribution in [3.8, 4) is 0 Å². The third kappa shape index (κ3) is 2.91. The van der Waals surface area contributed by atoms with Gasteiger partial charge < -0.3 is 5.11 Å². The van der Waals surface area contributed by atoms with Crippen LogP contribution in [0.2, 0.25) is 0 Å². The fraction of sp³-hybridized carbons (Fsp3) is 1.00. The van der Waals surface area contributed by atoms with E-state index in [2.05, 4.69) is 15.9 Å². The zero-order chi connectivity index (χ0) is 9.84. The molecule has 1 saturated carbocycles. The van der Waals surface area contributed by atoms with Crippen LogP contribution in [0.15, 0.2) is 0 Å². The van der Waals surface area contributed by atoms with Gasteiger partial charge in [-0.3, -0.25) is 10.1 Å². The van der Waals surface area contributed by atoms with Crippen molar-refractivity contribution in [2.75, 3.05) is 0 Å². The Morgan fingerprint density at radius 2 is 1.92 bits per heavy atom. The molecule has 1 N–H and O–H groups in total. The maximum Gasteiger partial charge on any atom is 0.291 e. The molecule has 0 heterocycles. The van der Waals surface area contributed by atoms with Gasteiger partial charge in [0, 0.05) is 4.92 Å². The molecule has 2 unspecified atom stereocenters. The van der Waals surface area contributed by atoms with Gasteiger partial charge in [0.1, 0.15) is 6.10 Å². The topological polar surface area (TPSA) is 63.4 Å². The number of rotatable bonds is 3. The maximum absolute atomic E-state index is 10.4. The third-order valence-electron chi connectivity index (χ3n) is 2.62.